The molecule has 1 N–H and O–H groups in total. The van der Waals surface area contributed by atoms with Crippen LogP contribution in [0.5, 0.6) is 0 Å². The molecule has 3 heterocycles. The Morgan fingerprint density at radius 1 is 1.15 bits per heavy atom. The lowest BCUT2D eigenvalue weighted by atomic mass is 10.0. The predicted molar refractivity (Wildman–Crippen MR) is 132 cm³/mol. The Balaban J connectivity index is 1.69. The number of rotatable bonds is 10. The van der Waals surface area contributed by atoms with E-state index in [-0.39, 0.29) is 6.10 Å². The standard InChI is InChI=1S/C26H30N6O/c1-5-9-20-10-6-7-11-21(20)17-32-26-22(12-8-14-28-26)24(31-32)25-29-18(2)16-23(30-25)27-15-13-19(3)33-4/h5-8,10-12,14,16,19H,1,9,13,15,17H2,2-4H3,(H,27,29,30). The molecule has 1 aromatic carbocycles. The number of nitrogens with one attached hydrogen (secondary N) is 1. The van der Waals surface area contributed by atoms with Crippen LogP contribution in [-0.4, -0.2) is 44.5 Å². The van der Waals surface area contributed by atoms with Crippen LogP contribution in [-0.2, 0) is 17.7 Å². The molecule has 0 saturated heterocycles. The van der Waals surface area contributed by atoms with Crippen LogP contribution in [0.2, 0.25) is 0 Å². The lowest BCUT2D eigenvalue weighted by Crippen LogP contribution is -2.13. The van der Waals surface area contributed by atoms with E-state index in [4.69, 9.17) is 14.8 Å². The van der Waals surface area contributed by atoms with Gasteiger partial charge < -0.3 is 10.1 Å². The average molecular weight is 443 g/mol. The molecule has 33 heavy (non-hydrogen) atoms. The van der Waals surface area contributed by atoms with E-state index < -0.39 is 0 Å². The number of aromatic nitrogens is 5. The van der Waals surface area contributed by atoms with E-state index in [1.807, 2.05) is 41.9 Å². The van der Waals surface area contributed by atoms with Crippen molar-refractivity contribution in [2.45, 2.75) is 39.3 Å². The maximum absolute atomic E-state index is 5.33. The third-order valence-corrected chi connectivity index (χ3v) is 5.64. The van der Waals surface area contributed by atoms with Crippen molar-refractivity contribution in [3.8, 4) is 11.5 Å². The number of anilines is 1. The maximum Gasteiger partial charge on any atom is 0.183 e. The molecular formula is C26H30N6O. The van der Waals surface area contributed by atoms with Gasteiger partial charge in [-0.3, -0.25) is 0 Å². The van der Waals surface area contributed by atoms with E-state index >= 15 is 0 Å². The summed E-state index contributed by atoms with van der Waals surface area (Å²) in [6.45, 7) is 9.29. The van der Waals surface area contributed by atoms with E-state index in [9.17, 15) is 0 Å². The first-order valence-corrected chi connectivity index (χ1v) is 11.2. The summed E-state index contributed by atoms with van der Waals surface area (Å²) in [7, 11) is 1.73. The van der Waals surface area contributed by atoms with E-state index in [2.05, 4.69) is 47.0 Å². The van der Waals surface area contributed by atoms with Crippen molar-refractivity contribution in [3.63, 3.8) is 0 Å². The van der Waals surface area contributed by atoms with Gasteiger partial charge in [-0.25, -0.2) is 19.6 Å². The van der Waals surface area contributed by atoms with Gasteiger partial charge in [-0.15, -0.1) is 6.58 Å². The number of pyridine rings is 1. The molecule has 0 amide bonds. The number of methoxy groups -OCH3 is 1. The largest absolute Gasteiger partial charge is 0.382 e. The summed E-state index contributed by atoms with van der Waals surface area (Å²) in [5.74, 6) is 1.37. The Morgan fingerprint density at radius 3 is 2.76 bits per heavy atom. The molecule has 7 heteroatoms. The van der Waals surface area contributed by atoms with E-state index in [1.165, 1.54) is 11.1 Å². The summed E-state index contributed by atoms with van der Waals surface area (Å²) in [6.07, 6.45) is 5.61. The molecule has 0 aliphatic heterocycles. The summed E-state index contributed by atoms with van der Waals surface area (Å²) in [6, 6.07) is 14.2. The van der Waals surface area contributed by atoms with Gasteiger partial charge in [0.05, 0.1) is 18.0 Å². The van der Waals surface area contributed by atoms with Crippen molar-refractivity contribution in [1.82, 2.24) is 24.7 Å². The molecule has 4 aromatic rings. The van der Waals surface area contributed by atoms with Crippen molar-refractivity contribution < 1.29 is 4.74 Å². The Bertz CT molecular complexity index is 1250. The highest BCUT2D eigenvalue weighted by Crippen LogP contribution is 2.26. The number of allylic oxidation sites excluding steroid dienone is 1. The summed E-state index contributed by atoms with van der Waals surface area (Å²) >= 11 is 0. The first-order chi connectivity index (χ1) is 16.1. The molecule has 0 spiro atoms. The lowest BCUT2D eigenvalue weighted by Gasteiger charge is -2.11. The van der Waals surface area contributed by atoms with Crippen LogP contribution in [0, 0.1) is 6.92 Å². The Kier molecular flexibility index (Phi) is 7.10. The van der Waals surface area contributed by atoms with Crippen LogP contribution in [0.15, 0.2) is 61.3 Å². The number of benzene rings is 1. The van der Waals surface area contributed by atoms with Crippen molar-refractivity contribution in [2.24, 2.45) is 0 Å². The van der Waals surface area contributed by atoms with Gasteiger partial charge in [0.1, 0.15) is 11.5 Å². The molecule has 1 atom stereocenters. The van der Waals surface area contributed by atoms with Gasteiger partial charge in [0.15, 0.2) is 11.5 Å². The van der Waals surface area contributed by atoms with Crippen LogP contribution in [0.4, 0.5) is 5.82 Å². The number of aryl methyl sites for hydroxylation is 1. The van der Waals surface area contributed by atoms with Gasteiger partial charge in [-0.2, -0.15) is 5.10 Å². The topological polar surface area (TPSA) is 77.8 Å². The van der Waals surface area contributed by atoms with Gasteiger partial charge in [0.25, 0.3) is 0 Å². The second kappa shape index (κ2) is 10.4. The summed E-state index contributed by atoms with van der Waals surface area (Å²) in [4.78, 5) is 14.1. The molecule has 0 saturated carbocycles. The highest BCUT2D eigenvalue weighted by molar-refractivity contribution is 5.89. The minimum atomic E-state index is 0.189. The molecule has 1 unspecified atom stereocenters. The number of nitrogens with zero attached hydrogens (tertiary/aromatic N) is 5. The fraction of sp³-hybridized carbons (Fsp3) is 0.308. The van der Waals surface area contributed by atoms with Crippen LogP contribution in [0.1, 0.15) is 30.2 Å². The molecule has 170 valence electrons. The number of fused-ring (bicyclic) bond motifs is 1. The molecule has 4 rings (SSSR count). The zero-order valence-corrected chi connectivity index (χ0v) is 19.5. The second-order valence-electron chi connectivity index (χ2n) is 8.12. The van der Waals surface area contributed by atoms with Gasteiger partial charge in [-0.05, 0) is 49.9 Å². The van der Waals surface area contributed by atoms with Crippen LogP contribution in [0.25, 0.3) is 22.6 Å². The highest BCUT2D eigenvalue weighted by Gasteiger charge is 2.17. The highest BCUT2D eigenvalue weighted by atomic mass is 16.5. The Labute approximate surface area is 194 Å². The first-order valence-electron chi connectivity index (χ1n) is 11.2. The fourth-order valence-electron chi connectivity index (χ4n) is 3.80. The normalized spacial score (nSPS) is 12.1. The molecule has 0 aliphatic carbocycles. The number of hydrogen-bond acceptors (Lipinski definition) is 6. The predicted octanol–water partition coefficient (Wildman–Crippen LogP) is 4.81. The summed E-state index contributed by atoms with van der Waals surface area (Å²) in [5.41, 5.74) is 4.85. The van der Waals surface area contributed by atoms with Crippen molar-refractivity contribution >= 4 is 16.9 Å². The van der Waals surface area contributed by atoms with Gasteiger partial charge in [0, 0.05) is 31.6 Å². The minimum absolute atomic E-state index is 0.189. The molecule has 0 aliphatic rings. The Morgan fingerprint density at radius 2 is 1.97 bits per heavy atom. The molecule has 3 aromatic heterocycles. The monoisotopic (exact) mass is 442 g/mol. The third-order valence-electron chi connectivity index (χ3n) is 5.64. The fourth-order valence-corrected chi connectivity index (χ4v) is 3.80. The molecule has 0 radical (unpaired) electrons. The van der Waals surface area contributed by atoms with E-state index in [0.717, 1.165) is 47.6 Å². The SMILES string of the molecule is C=CCc1ccccc1Cn1nc(-c2nc(C)cc(NCCC(C)OC)n2)c2cccnc21. The molecule has 7 nitrogen and oxygen atoms in total. The zero-order chi connectivity index (χ0) is 23.2. The smallest absolute Gasteiger partial charge is 0.183 e. The summed E-state index contributed by atoms with van der Waals surface area (Å²) in [5, 5.41) is 9.24. The van der Waals surface area contributed by atoms with Crippen molar-refractivity contribution in [1.29, 1.82) is 0 Å². The lowest BCUT2D eigenvalue weighted by molar-refractivity contribution is 0.114. The number of ether oxygens (including phenoxy) is 1. The van der Waals surface area contributed by atoms with Gasteiger partial charge in [0.2, 0.25) is 0 Å². The van der Waals surface area contributed by atoms with Gasteiger partial charge in [-0.1, -0.05) is 30.3 Å². The van der Waals surface area contributed by atoms with E-state index in [1.54, 1.807) is 13.3 Å². The van der Waals surface area contributed by atoms with E-state index in [0.29, 0.717) is 12.4 Å². The van der Waals surface area contributed by atoms with Crippen LogP contribution < -0.4 is 5.32 Å². The maximum atomic E-state index is 5.33. The van der Waals surface area contributed by atoms with Crippen LogP contribution >= 0.6 is 0 Å². The minimum Gasteiger partial charge on any atom is -0.382 e. The second-order valence-corrected chi connectivity index (χ2v) is 8.12. The third kappa shape index (κ3) is 5.26. The van der Waals surface area contributed by atoms with Crippen molar-refractivity contribution in [3.05, 3.63) is 78.1 Å². The van der Waals surface area contributed by atoms with Crippen LogP contribution in [0.3, 0.4) is 0 Å². The Hall–Kier alpha value is -3.58. The molecule has 0 fully saturated rings. The molecule has 0 bridgehead atoms. The average Bonchev–Trinajstić information content (AvgIpc) is 3.18. The summed E-state index contributed by atoms with van der Waals surface area (Å²) < 4.78 is 7.27. The van der Waals surface area contributed by atoms with Gasteiger partial charge >= 0.3 is 0 Å². The zero-order valence-electron chi connectivity index (χ0n) is 19.5. The first kappa shape index (κ1) is 22.6. The quantitative estimate of drug-likeness (QED) is 0.355. The van der Waals surface area contributed by atoms with Crippen molar-refractivity contribution in [2.75, 3.05) is 19.0 Å². The molecular weight excluding hydrogens is 412 g/mol. The number of hydrogen-bond donors (Lipinski definition) is 1.